The van der Waals surface area contributed by atoms with Gasteiger partial charge >= 0.3 is 0 Å². The molecule has 3 atom stereocenters. The monoisotopic (exact) mass is 160 g/mol. The second-order valence-electron chi connectivity index (χ2n) is 2.71. The van der Waals surface area contributed by atoms with Crippen molar-refractivity contribution in [2.45, 2.75) is 31.7 Å². The lowest BCUT2D eigenvalue weighted by Gasteiger charge is -2.30. The van der Waals surface area contributed by atoms with Gasteiger partial charge in [-0.3, -0.25) is 0 Å². The second-order valence-corrected chi connectivity index (χ2v) is 2.71. The van der Waals surface area contributed by atoms with Crippen LogP contribution in [-0.2, 0) is 4.74 Å². The average Bonchev–Trinajstić information content (AvgIpc) is 1.96. The summed E-state index contributed by atoms with van der Waals surface area (Å²) in [5, 5.41) is 26.9. The minimum absolute atomic E-state index is 0.0382. The van der Waals surface area contributed by atoms with Gasteiger partial charge in [0.25, 0.3) is 0 Å². The van der Waals surface area contributed by atoms with Gasteiger partial charge in [-0.25, -0.2) is 0 Å². The largest absolute Gasteiger partial charge is 0.512 e. The van der Waals surface area contributed by atoms with Gasteiger partial charge < -0.3 is 20.1 Å². The molecule has 4 nitrogen and oxygen atoms in total. The maximum Gasteiger partial charge on any atom is 0.162 e. The predicted molar refractivity (Wildman–Crippen MR) is 37.9 cm³/mol. The van der Waals surface area contributed by atoms with Crippen molar-refractivity contribution in [3.05, 3.63) is 12.0 Å². The molecule has 1 fully saturated rings. The van der Waals surface area contributed by atoms with Gasteiger partial charge in [-0.2, -0.15) is 0 Å². The molecule has 0 bridgehead atoms. The quantitative estimate of drug-likeness (QED) is 0.433. The zero-order chi connectivity index (χ0) is 8.43. The van der Waals surface area contributed by atoms with E-state index in [-0.39, 0.29) is 11.9 Å². The van der Waals surface area contributed by atoms with E-state index in [0.29, 0.717) is 12.7 Å². The van der Waals surface area contributed by atoms with Gasteiger partial charge in [-0.15, -0.1) is 0 Å². The molecule has 0 spiro atoms. The Morgan fingerprint density at radius 3 is 2.73 bits per heavy atom. The van der Waals surface area contributed by atoms with E-state index in [1.807, 2.05) is 0 Å². The lowest BCUT2D eigenvalue weighted by molar-refractivity contribution is -0.0748. The van der Waals surface area contributed by atoms with E-state index in [4.69, 9.17) is 20.1 Å². The Hall–Kier alpha value is -0.740. The molecule has 0 aromatic heterocycles. The Morgan fingerprint density at radius 2 is 2.18 bits per heavy atom. The number of aliphatic hydroxyl groups excluding tert-OH is 3. The first kappa shape index (κ1) is 8.36. The van der Waals surface area contributed by atoms with Crippen LogP contribution in [0.3, 0.4) is 0 Å². The molecule has 0 aromatic carbocycles. The highest BCUT2D eigenvalue weighted by Crippen LogP contribution is 2.22. The van der Waals surface area contributed by atoms with Crippen LogP contribution in [0.15, 0.2) is 12.0 Å². The molecule has 1 rings (SSSR count). The molecule has 4 heteroatoms. The van der Waals surface area contributed by atoms with Crippen LogP contribution in [0.5, 0.6) is 0 Å². The Morgan fingerprint density at radius 1 is 1.55 bits per heavy atom. The summed E-state index contributed by atoms with van der Waals surface area (Å²) < 4.78 is 5.02. The number of hydrogen-bond donors (Lipinski definition) is 3. The maximum absolute atomic E-state index is 9.17. The lowest BCUT2D eigenvalue weighted by atomic mass is 10.0. The fourth-order valence-electron chi connectivity index (χ4n) is 1.12. The normalized spacial score (nSPS) is 42.1. The summed E-state index contributed by atoms with van der Waals surface area (Å²) in [5.74, 6) is 0.0382. The van der Waals surface area contributed by atoms with E-state index in [2.05, 4.69) is 0 Å². The van der Waals surface area contributed by atoms with E-state index in [1.165, 1.54) is 0 Å². The molecule has 0 radical (unpaired) electrons. The Labute approximate surface area is 64.7 Å². The first-order chi connectivity index (χ1) is 5.15. The molecule has 0 aliphatic carbocycles. The number of aliphatic hydroxyl groups is 3. The number of hydrogen-bond acceptors (Lipinski definition) is 4. The molecular formula is C7H12O4. The third-order valence-electron chi connectivity index (χ3n) is 1.69. The summed E-state index contributed by atoms with van der Waals surface area (Å²) in [4.78, 5) is 0. The van der Waals surface area contributed by atoms with Crippen LogP contribution in [0, 0.1) is 0 Å². The van der Waals surface area contributed by atoms with Crippen molar-refractivity contribution in [1.29, 1.82) is 0 Å². The fourth-order valence-corrected chi connectivity index (χ4v) is 1.12. The minimum atomic E-state index is -1.09. The Bertz CT molecular complexity index is 166. The van der Waals surface area contributed by atoms with Crippen LogP contribution >= 0.6 is 0 Å². The van der Waals surface area contributed by atoms with Crippen molar-refractivity contribution in [3.63, 3.8) is 0 Å². The summed E-state index contributed by atoms with van der Waals surface area (Å²) in [6, 6.07) is 0. The van der Waals surface area contributed by atoms with Crippen LogP contribution in [-0.4, -0.2) is 33.6 Å². The van der Waals surface area contributed by atoms with E-state index in [9.17, 15) is 0 Å². The highest BCUT2D eigenvalue weighted by atomic mass is 16.5. The van der Waals surface area contributed by atoms with Crippen molar-refractivity contribution in [2.75, 3.05) is 0 Å². The smallest absolute Gasteiger partial charge is 0.162 e. The molecule has 3 unspecified atom stereocenters. The summed E-state index contributed by atoms with van der Waals surface area (Å²) in [7, 11) is 0. The molecule has 1 aliphatic rings. The zero-order valence-electron chi connectivity index (χ0n) is 6.27. The highest BCUT2D eigenvalue weighted by Gasteiger charge is 2.30. The van der Waals surface area contributed by atoms with Crippen LogP contribution in [0.2, 0.25) is 0 Å². The van der Waals surface area contributed by atoms with Crippen molar-refractivity contribution in [1.82, 2.24) is 0 Å². The summed E-state index contributed by atoms with van der Waals surface area (Å²) in [6.45, 7) is 1.76. The first-order valence-electron chi connectivity index (χ1n) is 3.52. The van der Waals surface area contributed by atoms with Crippen LogP contribution in [0.4, 0.5) is 0 Å². The maximum atomic E-state index is 9.17. The third kappa shape index (κ3) is 1.64. The Kier molecular flexibility index (Phi) is 2.36. The average molecular weight is 160 g/mol. The van der Waals surface area contributed by atoms with Crippen molar-refractivity contribution >= 4 is 0 Å². The van der Waals surface area contributed by atoms with Gasteiger partial charge in [-0.1, -0.05) is 0 Å². The van der Waals surface area contributed by atoms with Gasteiger partial charge in [0.2, 0.25) is 0 Å². The SMILES string of the molecule is CC1CC(O)C(O)/C(=C/O)O1. The molecule has 1 heterocycles. The van der Waals surface area contributed by atoms with Crippen LogP contribution in [0.25, 0.3) is 0 Å². The predicted octanol–water partition coefficient (Wildman–Crippen LogP) is -0.0836. The topological polar surface area (TPSA) is 69.9 Å². The minimum Gasteiger partial charge on any atom is -0.512 e. The van der Waals surface area contributed by atoms with E-state index < -0.39 is 12.2 Å². The van der Waals surface area contributed by atoms with E-state index in [0.717, 1.165) is 0 Å². The van der Waals surface area contributed by atoms with Gasteiger partial charge in [0.05, 0.1) is 12.2 Å². The molecule has 0 saturated carbocycles. The van der Waals surface area contributed by atoms with Gasteiger partial charge in [-0.05, 0) is 6.92 Å². The van der Waals surface area contributed by atoms with E-state index in [1.54, 1.807) is 6.92 Å². The molecule has 64 valence electrons. The lowest BCUT2D eigenvalue weighted by Crippen LogP contribution is -2.38. The summed E-state index contributed by atoms with van der Waals surface area (Å²) >= 11 is 0. The third-order valence-corrected chi connectivity index (χ3v) is 1.69. The Balaban J connectivity index is 2.67. The van der Waals surface area contributed by atoms with Crippen molar-refractivity contribution in [2.24, 2.45) is 0 Å². The highest BCUT2D eigenvalue weighted by molar-refractivity contribution is 5.02. The summed E-state index contributed by atoms with van der Waals surface area (Å²) in [5.41, 5.74) is 0. The molecule has 11 heavy (non-hydrogen) atoms. The van der Waals surface area contributed by atoms with Crippen molar-refractivity contribution in [3.8, 4) is 0 Å². The summed E-state index contributed by atoms with van der Waals surface area (Å²) in [6.07, 6.45) is -1.01. The van der Waals surface area contributed by atoms with Crippen molar-refractivity contribution < 1.29 is 20.1 Å². The number of ether oxygens (including phenoxy) is 1. The second kappa shape index (κ2) is 3.11. The molecular weight excluding hydrogens is 148 g/mol. The number of rotatable bonds is 0. The van der Waals surface area contributed by atoms with Crippen LogP contribution < -0.4 is 0 Å². The van der Waals surface area contributed by atoms with E-state index >= 15 is 0 Å². The van der Waals surface area contributed by atoms with Gasteiger partial charge in [0, 0.05) is 6.42 Å². The molecule has 3 N–H and O–H groups in total. The van der Waals surface area contributed by atoms with Gasteiger partial charge in [0.15, 0.2) is 5.76 Å². The first-order valence-corrected chi connectivity index (χ1v) is 3.52. The fraction of sp³-hybridized carbons (Fsp3) is 0.714. The van der Waals surface area contributed by atoms with Gasteiger partial charge in [0.1, 0.15) is 12.4 Å². The molecule has 0 aromatic rings. The molecule has 1 aliphatic heterocycles. The standard InChI is InChI=1S/C7H12O4/c1-4-2-5(9)7(10)6(3-8)11-4/h3-5,7-10H,2H2,1H3/b6-3-. The molecule has 0 amide bonds. The van der Waals surface area contributed by atoms with Crippen LogP contribution in [0.1, 0.15) is 13.3 Å². The molecule has 1 saturated heterocycles. The zero-order valence-corrected chi connectivity index (χ0v) is 6.27.